The second kappa shape index (κ2) is 7.71. The van der Waals surface area contributed by atoms with Crippen molar-refractivity contribution in [3.05, 3.63) is 90.8 Å². The van der Waals surface area contributed by atoms with Gasteiger partial charge in [0.05, 0.1) is 11.3 Å². The molecule has 2 heterocycles. The van der Waals surface area contributed by atoms with Crippen LogP contribution in [-0.2, 0) is 6.18 Å². The third kappa shape index (κ3) is 4.40. The number of pyridine rings is 1. The smallest absolute Gasteiger partial charge is 0.340 e. The summed E-state index contributed by atoms with van der Waals surface area (Å²) in [5.74, 6) is 0.837. The second-order valence-electron chi connectivity index (χ2n) is 6.27. The van der Waals surface area contributed by atoms with Crippen LogP contribution in [0.15, 0.2) is 85.2 Å². The van der Waals surface area contributed by atoms with Gasteiger partial charge in [0.15, 0.2) is 5.82 Å². The summed E-state index contributed by atoms with van der Waals surface area (Å²) in [4.78, 5) is 13.1. The Morgan fingerprint density at radius 1 is 0.759 bits per heavy atom. The Bertz CT molecular complexity index is 1110. The van der Waals surface area contributed by atoms with Crippen molar-refractivity contribution in [2.45, 2.75) is 6.18 Å². The minimum absolute atomic E-state index is 0.350. The van der Waals surface area contributed by atoms with Crippen LogP contribution >= 0.6 is 0 Å². The number of halogens is 3. The zero-order valence-corrected chi connectivity index (χ0v) is 15.1. The molecular formula is C22H15F3N4. The summed E-state index contributed by atoms with van der Waals surface area (Å²) in [6.45, 7) is 0. The summed E-state index contributed by atoms with van der Waals surface area (Å²) < 4.78 is 39.4. The second-order valence-corrected chi connectivity index (χ2v) is 6.27. The van der Waals surface area contributed by atoms with E-state index in [4.69, 9.17) is 0 Å². The first-order valence-electron chi connectivity index (χ1n) is 8.78. The average molecular weight is 392 g/mol. The molecule has 0 radical (unpaired) electrons. The highest BCUT2D eigenvalue weighted by Crippen LogP contribution is 2.33. The summed E-state index contributed by atoms with van der Waals surface area (Å²) in [5, 5.41) is 3.18. The Morgan fingerprint density at radius 3 is 2.28 bits per heavy atom. The zero-order valence-electron chi connectivity index (χ0n) is 15.1. The fraction of sp³-hybridized carbons (Fsp3) is 0.0455. The van der Waals surface area contributed by atoms with Crippen LogP contribution < -0.4 is 5.32 Å². The molecule has 0 saturated carbocycles. The fourth-order valence-electron chi connectivity index (χ4n) is 2.81. The normalized spacial score (nSPS) is 11.3. The van der Waals surface area contributed by atoms with Gasteiger partial charge < -0.3 is 5.32 Å². The standard InChI is InChI=1S/C22H15F3N4/c23-22(24,25)17-8-4-6-15(12-17)19-13-20(27-18-9-2-1-3-10-18)29-21(28-19)16-7-5-11-26-14-16/h1-14H,(H,27,28,29). The molecule has 0 aliphatic carbocycles. The summed E-state index contributed by atoms with van der Waals surface area (Å²) >= 11 is 0. The highest BCUT2D eigenvalue weighted by molar-refractivity contribution is 5.70. The molecule has 4 aromatic rings. The molecule has 1 N–H and O–H groups in total. The van der Waals surface area contributed by atoms with Crippen molar-refractivity contribution in [3.63, 3.8) is 0 Å². The SMILES string of the molecule is FC(F)(F)c1cccc(-c2cc(Nc3ccccc3)nc(-c3cccnc3)n2)c1. The Morgan fingerprint density at radius 2 is 1.55 bits per heavy atom. The molecule has 0 spiro atoms. The molecule has 7 heteroatoms. The molecule has 0 fully saturated rings. The first-order chi connectivity index (χ1) is 14.0. The van der Waals surface area contributed by atoms with E-state index in [0.29, 0.717) is 28.5 Å². The maximum atomic E-state index is 13.1. The number of nitrogens with zero attached hydrogens (tertiary/aromatic N) is 3. The Balaban J connectivity index is 1.82. The van der Waals surface area contributed by atoms with E-state index in [1.807, 2.05) is 30.3 Å². The molecule has 4 rings (SSSR count). The van der Waals surface area contributed by atoms with Crippen LogP contribution in [0.25, 0.3) is 22.6 Å². The number of hydrogen-bond donors (Lipinski definition) is 1. The average Bonchev–Trinajstić information content (AvgIpc) is 2.74. The van der Waals surface area contributed by atoms with E-state index in [1.165, 1.54) is 6.07 Å². The highest BCUT2D eigenvalue weighted by Gasteiger charge is 2.30. The molecule has 2 aromatic heterocycles. The van der Waals surface area contributed by atoms with Crippen LogP contribution in [0, 0.1) is 0 Å². The minimum Gasteiger partial charge on any atom is -0.340 e. The third-order valence-electron chi connectivity index (χ3n) is 4.18. The van der Waals surface area contributed by atoms with E-state index in [-0.39, 0.29) is 0 Å². The van der Waals surface area contributed by atoms with Gasteiger partial charge in [-0.05, 0) is 36.4 Å². The van der Waals surface area contributed by atoms with Crippen molar-refractivity contribution in [3.8, 4) is 22.6 Å². The summed E-state index contributed by atoms with van der Waals surface area (Å²) in [5.41, 5.74) is 1.47. The first kappa shape index (κ1) is 18.6. The van der Waals surface area contributed by atoms with Crippen molar-refractivity contribution < 1.29 is 13.2 Å². The van der Waals surface area contributed by atoms with Gasteiger partial charge in [0.1, 0.15) is 5.82 Å². The van der Waals surface area contributed by atoms with Gasteiger partial charge in [0.2, 0.25) is 0 Å². The molecular weight excluding hydrogens is 377 g/mol. The predicted octanol–water partition coefficient (Wildman–Crippen LogP) is 5.97. The quantitative estimate of drug-likeness (QED) is 0.465. The van der Waals surface area contributed by atoms with Crippen LogP contribution in [0.2, 0.25) is 0 Å². The highest BCUT2D eigenvalue weighted by atomic mass is 19.4. The summed E-state index contributed by atoms with van der Waals surface area (Å²) in [6, 6.07) is 19.6. The lowest BCUT2D eigenvalue weighted by Gasteiger charge is -2.12. The molecule has 2 aromatic carbocycles. The van der Waals surface area contributed by atoms with E-state index in [9.17, 15) is 13.2 Å². The van der Waals surface area contributed by atoms with Crippen LogP contribution in [0.3, 0.4) is 0 Å². The van der Waals surface area contributed by atoms with Crippen LogP contribution in [0.1, 0.15) is 5.56 Å². The monoisotopic (exact) mass is 392 g/mol. The number of aromatic nitrogens is 3. The molecule has 0 aliphatic rings. The van der Waals surface area contributed by atoms with E-state index in [0.717, 1.165) is 17.8 Å². The van der Waals surface area contributed by atoms with Gasteiger partial charge >= 0.3 is 6.18 Å². The molecule has 144 valence electrons. The van der Waals surface area contributed by atoms with Crippen molar-refractivity contribution in [2.24, 2.45) is 0 Å². The van der Waals surface area contributed by atoms with Crippen molar-refractivity contribution in [1.82, 2.24) is 15.0 Å². The molecule has 0 unspecified atom stereocenters. The lowest BCUT2D eigenvalue weighted by molar-refractivity contribution is -0.137. The largest absolute Gasteiger partial charge is 0.416 e. The fourth-order valence-corrected chi connectivity index (χ4v) is 2.81. The van der Waals surface area contributed by atoms with Crippen molar-refractivity contribution in [1.29, 1.82) is 0 Å². The number of nitrogens with one attached hydrogen (secondary N) is 1. The first-order valence-corrected chi connectivity index (χ1v) is 8.78. The van der Waals surface area contributed by atoms with Crippen molar-refractivity contribution >= 4 is 11.5 Å². The van der Waals surface area contributed by atoms with Gasteiger partial charge in [-0.3, -0.25) is 4.98 Å². The van der Waals surface area contributed by atoms with Crippen LogP contribution in [0.4, 0.5) is 24.7 Å². The molecule has 0 saturated heterocycles. The van der Waals surface area contributed by atoms with Gasteiger partial charge in [0, 0.05) is 35.3 Å². The van der Waals surface area contributed by atoms with E-state index in [2.05, 4.69) is 20.3 Å². The molecule has 0 atom stereocenters. The number of benzene rings is 2. The topological polar surface area (TPSA) is 50.7 Å². The van der Waals surface area contributed by atoms with Gasteiger partial charge in [0.25, 0.3) is 0 Å². The lowest BCUT2D eigenvalue weighted by atomic mass is 10.1. The number of alkyl halides is 3. The van der Waals surface area contributed by atoms with Crippen LogP contribution in [-0.4, -0.2) is 15.0 Å². The molecule has 0 amide bonds. The van der Waals surface area contributed by atoms with Gasteiger partial charge in [-0.2, -0.15) is 13.2 Å². The summed E-state index contributed by atoms with van der Waals surface area (Å²) in [7, 11) is 0. The molecule has 0 aliphatic heterocycles. The van der Waals surface area contributed by atoms with Crippen LogP contribution in [0.5, 0.6) is 0 Å². The van der Waals surface area contributed by atoms with Gasteiger partial charge in [-0.15, -0.1) is 0 Å². The number of rotatable bonds is 4. The predicted molar refractivity (Wildman–Crippen MR) is 105 cm³/mol. The maximum absolute atomic E-state index is 13.1. The van der Waals surface area contributed by atoms with E-state index in [1.54, 1.807) is 36.7 Å². The van der Waals surface area contributed by atoms with Crippen molar-refractivity contribution in [2.75, 3.05) is 5.32 Å². The number of anilines is 2. The van der Waals surface area contributed by atoms with E-state index < -0.39 is 11.7 Å². The van der Waals surface area contributed by atoms with Gasteiger partial charge in [-0.1, -0.05) is 30.3 Å². The number of para-hydroxylation sites is 1. The third-order valence-corrected chi connectivity index (χ3v) is 4.18. The molecule has 4 nitrogen and oxygen atoms in total. The minimum atomic E-state index is -4.43. The Hall–Kier alpha value is -3.74. The molecule has 0 bridgehead atoms. The summed E-state index contributed by atoms with van der Waals surface area (Å²) in [6.07, 6.45) is -1.19. The number of hydrogen-bond acceptors (Lipinski definition) is 4. The zero-order chi connectivity index (χ0) is 20.3. The maximum Gasteiger partial charge on any atom is 0.416 e. The molecule has 29 heavy (non-hydrogen) atoms. The van der Waals surface area contributed by atoms with E-state index >= 15 is 0 Å². The van der Waals surface area contributed by atoms with Gasteiger partial charge in [-0.25, -0.2) is 9.97 Å². The lowest BCUT2D eigenvalue weighted by Crippen LogP contribution is -2.05. The Labute approximate surface area is 165 Å². The Kier molecular flexibility index (Phi) is 4.95.